The Morgan fingerprint density at radius 1 is 1.26 bits per heavy atom. The average molecular weight is 391 g/mol. The van der Waals surface area contributed by atoms with Crippen molar-refractivity contribution in [1.82, 2.24) is 0 Å². The molecule has 0 heterocycles. The van der Waals surface area contributed by atoms with Crippen LogP contribution in [-0.4, -0.2) is 23.7 Å². The molecule has 0 fully saturated rings. The fourth-order valence-electron chi connectivity index (χ4n) is 2.10. The number of halogens is 1. The summed E-state index contributed by atoms with van der Waals surface area (Å²) in [6.07, 6.45) is -0.293. The molecule has 0 atom stereocenters. The van der Waals surface area contributed by atoms with Gasteiger partial charge in [0.15, 0.2) is 5.69 Å². The second kappa shape index (κ2) is 8.86. The second-order valence-electron chi connectivity index (χ2n) is 5.37. The molecular weight excluding hydrogens is 376 g/mol. The van der Waals surface area contributed by atoms with Crippen LogP contribution in [0.1, 0.15) is 13.3 Å². The quantitative estimate of drug-likeness (QED) is 0.320. The largest absolute Gasteiger partial charge is 0.497 e. The summed E-state index contributed by atoms with van der Waals surface area (Å²) in [6, 6.07) is 8.71. The van der Waals surface area contributed by atoms with Gasteiger partial charge in [0.2, 0.25) is 5.91 Å². The van der Waals surface area contributed by atoms with Crippen LogP contribution in [0, 0.1) is 10.1 Å². The molecule has 0 saturated carbocycles. The van der Waals surface area contributed by atoms with Crippen LogP contribution >= 0.6 is 11.6 Å². The molecule has 0 aliphatic carbocycles. The minimum atomic E-state index is -0.624. The van der Waals surface area contributed by atoms with Gasteiger partial charge in [-0.3, -0.25) is 19.7 Å². The van der Waals surface area contributed by atoms with E-state index in [1.807, 2.05) is 0 Å². The first kappa shape index (κ1) is 20.0. The number of anilines is 1. The number of hydrogen-bond donors (Lipinski definition) is 1. The number of Topliss-reactive ketones (excluding diaryl/α,β-unsaturated/α-hetero) is 1. The van der Waals surface area contributed by atoms with E-state index >= 15 is 0 Å². The van der Waals surface area contributed by atoms with Crippen molar-refractivity contribution in [3.05, 3.63) is 51.5 Å². The summed E-state index contributed by atoms with van der Waals surface area (Å²) in [5.41, 5.74) is 0.0188. The number of azo groups is 1. The summed E-state index contributed by atoms with van der Waals surface area (Å²) in [5, 5.41) is 21.6. The number of ketones is 1. The number of amides is 1. The van der Waals surface area contributed by atoms with Gasteiger partial charge in [-0.1, -0.05) is 17.7 Å². The molecule has 1 N–H and O–H groups in total. The molecule has 0 unspecified atom stereocenters. The lowest BCUT2D eigenvalue weighted by Crippen LogP contribution is -2.14. The normalized spacial score (nSPS) is 10.6. The van der Waals surface area contributed by atoms with Crippen LogP contribution in [0.4, 0.5) is 22.7 Å². The highest BCUT2D eigenvalue weighted by Crippen LogP contribution is 2.37. The molecule has 0 saturated heterocycles. The lowest BCUT2D eigenvalue weighted by Gasteiger charge is -2.09. The van der Waals surface area contributed by atoms with Crippen molar-refractivity contribution in [3.63, 3.8) is 0 Å². The minimum Gasteiger partial charge on any atom is -0.497 e. The monoisotopic (exact) mass is 390 g/mol. The summed E-state index contributed by atoms with van der Waals surface area (Å²) in [4.78, 5) is 33.4. The van der Waals surface area contributed by atoms with Gasteiger partial charge >= 0.3 is 0 Å². The van der Waals surface area contributed by atoms with Gasteiger partial charge in [0.1, 0.15) is 17.2 Å². The summed E-state index contributed by atoms with van der Waals surface area (Å²) in [5.74, 6) is -0.383. The van der Waals surface area contributed by atoms with E-state index in [-0.39, 0.29) is 40.0 Å². The number of methoxy groups -OCH3 is 1. The number of nitro benzene ring substituents is 1. The number of benzene rings is 2. The van der Waals surface area contributed by atoms with Crippen molar-refractivity contribution in [2.75, 3.05) is 12.4 Å². The molecule has 0 bridgehead atoms. The third-order valence-corrected chi connectivity index (χ3v) is 3.61. The Balaban J connectivity index is 2.43. The SMILES string of the molecule is COc1ccc(NC(=O)CC(C)=O)c(N=Nc2c(Cl)cccc2[N+](=O)[O-])c1. The van der Waals surface area contributed by atoms with Gasteiger partial charge < -0.3 is 10.1 Å². The van der Waals surface area contributed by atoms with E-state index in [0.29, 0.717) is 5.75 Å². The standard InChI is InChI=1S/C17H15ClN4O5/c1-10(23)8-16(24)19-13-7-6-11(27-2)9-14(13)20-21-17-12(18)4-3-5-15(17)22(25)26/h3-7,9H,8H2,1-2H3,(H,19,24). The lowest BCUT2D eigenvalue weighted by atomic mass is 10.2. The molecule has 2 aromatic rings. The first-order valence-corrected chi connectivity index (χ1v) is 8.01. The third kappa shape index (κ3) is 5.32. The zero-order valence-corrected chi connectivity index (χ0v) is 15.2. The first-order chi connectivity index (χ1) is 12.8. The molecule has 27 heavy (non-hydrogen) atoms. The maximum atomic E-state index is 11.9. The topological polar surface area (TPSA) is 123 Å². The summed E-state index contributed by atoms with van der Waals surface area (Å²) < 4.78 is 5.11. The molecular formula is C17H15ClN4O5. The Kier molecular flexibility index (Phi) is 6.56. The van der Waals surface area contributed by atoms with Crippen LogP contribution in [0.25, 0.3) is 0 Å². The molecule has 1 amide bonds. The Labute approximate surface area is 159 Å². The van der Waals surface area contributed by atoms with Crippen molar-refractivity contribution in [2.24, 2.45) is 10.2 Å². The van der Waals surface area contributed by atoms with Crippen molar-refractivity contribution in [3.8, 4) is 5.75 Å². The number of carbonyl (C=O) groups is 2. The number of nitrogens with zero attached hydrogens (tertiary/aromatic N) is 3. The van der Waals surface area contributed by atoms with Crippen LogP contribution in [0.5, 0.6) is 5.75 Å². The highest BCUT2D eigenvalue weighted by Gasteiger charge is 2.17. The zero-order chi connectivity index (χ0) is 20.0. The Morgan fingerprint density at radius 2 is 2.00 bits per heavy atom. The molecule has 0 aromatic heterocycles. The molecule has 2 aromatic carbocycles. The van der Waals surface area contributed by atoms with Crippen molar-refractivity contribution in [2.45, 2.75) is 13.3 Å². The maximum absolute atomic E-state index is 11.9. The smallest absolute Gasteiger partial charge is 0.298 e. The molecule has 0 spiro atoms. The molecule has 9 nitrogen and oxygen atoms in total. The van der Waals surface area contributed by atoms with E-state index in [4.69, 9.17) is 16.3 Å². The van der Waals surface area contributed by atoms with Gasteiger partial charge in [-0.25, -0.2) is 0 Å². The van der Waals surface area contributed by atoms with E-state index < -0.39 is 10.8 Å². The van der Waals surface area contributed by atoms with Crippen LogP contribution in [-0.2, 0) is 9.59 Å². The summed E-state index contributed by atoms with van der Waals surface area (Å²) in [6.45, 7) is 1.30. The molecule has 0 aliphatic rings. The van der Waals surface area contributed by atoms with Crippen molar-refractivity contribution in [1.29, 1.82) is 0 Å². The third-order valence-electron chi connectivity index (χ3n) is 3.31. The highest BCUT2D eigenvalue weighted by atomic mass is 35.5. The zero-order valence-electron chi connectivity index (χ0n) is 14.4. The molecule has 0 radical (unpaired) electrons. The van der Waals surface area contributed by atoms with E-state index in [9.17, 15) is 19.7 Å². The van der Waals surface area contributed by atoms with Crippen molar-refractivity contribution < 1.29 is 19.2 Å². The van der Waals surface area contributed by atoms with Crippen LogP contribution in [0.3, 0.4) is 0 Å². The maximum Gasteiger partial charge on any atom is 0.298 e. The van der Waals surface area contributed by atoms with Crippen LogP contribution in [0.2, 0.25) is 5.02 Å². The average Bonchev–Trinajstić information content (AvgIpc) is 2.60. The highest BCUT2D eigenvalue weighted by molar-refractivity contribution is 6.33. The minimum absolute atomic E-state index is 0.0537. The number of rotatable bonds is 7. The van der Waals surface area contributed by atoms with Crippen LogP contribution < -0.4 is 10.1 Å². The number of nitro groups is 1. The van der Waals surface area contributed by atoms with Gasteiger partial charge in [-0.15, -0.1) is 10.2 Å². The number of hydrogen-bond acceptors (Lipinski definition) is 7. The van der Waals surface area contributed by atoms with Crippen molar-refractivity contribution >= 4 is 46.0 Å². The van der Waals surface area contributed by atoms with Crippen LogP contribution in [0.15, 0.2) is 46.6 Å². The number of carbonyl (C=O) groups excluding carboxylic acids is 2. The molecule has 140 valence electrons. The fraction of sp³-hybridized carbons (Fsp3) is 0.176. The van der Waals surface area contributed by atoms with Gasteiger partial charge in [0.25, 0.3) is 5.69 Å². The number of nitrogens with one attached hydrogen (secondary N) is 1. The first-order valence-electron chi connectivity index (χ1n) is 7.63. The predicted molar refractivity (Wildman–Crippen MR) is 99.2 cm³/mol. The lowest BCUT2D eigenvalue weighted by molar-refractivity contribution is -0.384. The number of ether oxygens (including phenoxy) is 1. The Morgan fingerprint density at radius 3 is 2.63 bits per heavy atom. The van der Waals surface area contributed by atoms with Gasteiger partial charge in [-0.2, -0.15) is 0 Å². The second-order valence-corrected chi connectivity index (χ2v) is 5.78. The van der Waals surface area contributed by atoms with Gasteiger partial charge in [0.05, 0.1) is 29.2 Å². The summed E-state index contributed by atoms with van der Waals surface area (Å²) in [7, 11) is 1.45. The summed E-state index contributed by atoms with van der Waals surface area (Å²) >= 11 is 5.99. The van der Waals surface area contributed by atoms with E-state index in [1.54, 1.807) is 6.07 Å². The van der Waals surface area contributed by atoms with Gasteiger partial charge in [0, 0.05) is 12.1 Å². The predicted octanol–water partition coefficient (Wildman–Crippen LogP) is 4.59. The van der Waals surface area contributed by atoms with E-state index in [1.165, 1.54) is 44.4 Å². The molecule has 2 rings (SSSR count). The van der Waals surface area contributed by atoms with E-state index in [2.05, 4.69) is 15.5 Å². The molecule has 0 aliphatic heterocycles. The Bertz CT molecular complexity index is 930. The fourth-order valence-corrected chi connectivity index (χ4v) is 2.31. The Hall–Kier alpha value is -3.33. The van der Waals surface area contributed by atoms with E-state index in [0.717, 1.165) is 0 Å². The van der Waals surface area contributed by atoms with Gasteiger partial charge in [-0.05, 0) is 25.1 Å². The molecule has 10 heteroatoms.